The number of carbonyl (C=O) groups is 3. The summed E-state index contributed by atoms with van der Waals surface area (Å²) in [6, 6.07) is 7.37. The first kappa shape index (κ1) is 21.3. The molecule has 1 saturated heterocycles. The summed E-state index contributed by atoms with van der Waals surface area (Å²) < 4.78 is 0. The molecular weight excluding hydrogens is 366 g/mol. The zero-order valence-electron chi connectivity index (χ0n) is 18.0. The summed E-state index contributed by atoms with van der Waals surface area (Å²) in [7, 11) is 0. The highest BCUT2D eigenvalue weighted by molar-refractivity contribution is 6.10. The van der Waals surface area contributed by atoms with E-state index in [1.165, 1.54) is 0 Å². The first-order valence-corrected chi connectivity index (χ1v) is 10.8. The molecule has 0 saturated carbocycles. The maximum atomic E-state index is 13.2. The Hall–Kier alpha value is -2.37. The van der Waals surface area contributed by atoms with Crippen LogP contribution in [0.25, 0.3) is 0 Å². The minimum Gasteiger partial charge on any atom is -0.354 e. The van der Waals surface area contributed by atoms with Crippen LogP contribution in [0.3, 0.4) is 0 Å². The number of nitrogens with one attached hydrogen (secondary N) is 1. The minimum atomic E-state index is -0.703. The molecule has 2 unspecified atom stereocenters. The summed E-state index contributed by atoms with van der Waals surface area (Å²) >= 11 is 0. The van der Waals surface area contributed by atoms with Gasteiger partial charge in [0.2, 0.25) is 11.8 Å². The van der Waals surface area contributed by atoms with Crippen LogP contribution >= 0.6 is 0 Å². The number of benzene rings is 1. The minimum absolute atomic E-state index is 0.0284. The fraction of sp³-hybridized carbons (Fsp3) is 0.609. The normalized spacial score (nSPS) is 22.0. The van der Waals surface area contributed by atoms with E-state index in [-0.39, 0.29) is 30.2 Å². The Labute approximate surface area is 173 Å². The molecule has 3 rings (SSSR count). The standard InChI is InChI=1S/C23H33N3O3/c1-16(2)8-7-9-17(3)24-20(27)13-15-25-22(29)18-10-5-6-11-19(18)26-21(28)12-14-23(25,26)4/h5-6,10-11,16-17H,7-9,12-15H2,1-4H3,(H,24,27). The van der Waals surface area contributed by atoms with Gasteiger partial charge in [0.1, 0.15) is 5.66 Å². The van der Waals surface area contributed by atoms with E-state index in [0.29, 0.717) is 36.6 Å². The number of nitrogens with zero attached hydrogens (tertiary/aromatic N) is 2. The van der Waals surface area contributed by atoms with Crippen molar-refractivity contribution in [2.45, 2.75) is 77.9 Å². The van der Waals surface area contributed by atoms with Gasteiger partial charge in [-0.3, -0.25) is 19.3 Å². The van der Waals surface area contributed by atoms with Gasteiger partial charge in [0.25, 0.3) is 5.91 Å². The van der Waals surface area contributed by atoms with E-state index in [9.17, 15) is 14.4 Å². The molecule has 29 heavy (non-hydrogen) atoms. The van der Waals surface area contributed by atoms with Crippen LogP contribution in [-0.4, -0.2) is 40.9 Å². The molecule has 6 nitrogen and oxygen atoms in total. The van der Waals surface area contributed by atoms with Crippen molar-refractivity contribution in [1.82, 2.24) is 10.2 Å². The predicted octanol–water partition coefficient (Wildman–Crippen LogP) is 3.71. The highest BCUT2D eigenvalue weighted by atomic mass is 16.2. The molecule has 0 bridgehead atoms. The number of hydrogen-bond acceptors (Lipinski definition) is 3. The predicted molar refractivity (Wildman–Crippen MR) is 114 cm³/mol. The van der Waals surface area contributed by atoms with Crippen LogP contribution in [0.15, 0.2) is 24.3 Å². The molecule has 2 aliphatic heterocycles. The fourth-order valence-corrected chi connectivity index (χ4v) is 4.51. The third-order valence-electron chi connectivity index (χ3n) is 6.13. The number of carbonyl (C=O) groups excluding carboxylic acids is 3. The Morgan fingerprint density at radius 2 is 1.90 bits per heavy atom. The third kappa shape index (κ3) is 4.31. The lowest BCUT2D eigenvalue weighted by Crippen LogP contribution is -2.62. The van der Waals surface area contributed by atoms with Crippen molar-refractivity contribution in [3.8, 4) is 0 Å². The van der Waals surface area contributed by atoms with Gasteiger partial charge in [-0.15, -0.1) is 0 Å². The van der Waals surface area contributed by atoms with Gasteiger partial charge in [-0.25, -0.2) is 0 Å². The van der Waals surface area contributed by atoms with Crippen LogP contribution < -0.4 is 10.2 Å². The second-order valence-corrected chi connectivity index (χ2v) is 8.96. The quantitative estimate of drug-likeness (QED) is 0.724. The lowest BCUT2D eigenvalue weighted by Gasteiger charge is -2.48. The lowest BCUT2D eigenvalue weighted by molar-refractivity contribution is -0.122. The average molecular weight is 400 g/mol. The number of anilines is 1. The molecule has 6 heteroatoms. The molecule has 2 heterocycles. The van der Waals surface area contributed by atoms with E-state index in [4.69, 9.17) is 0 Å². The van der Waals surface area contributed by atoms with Crippen LogP contribution in [0.4, 0.5) is 5.69 Å². The highest BCUT2D eigenvalue weighted by Gasteiger charge is 2.52. The molecule has 1 aromatic rings. The molecule has 0 aromatic heterocycles. The molecule has 0 spiro atoms. The largest absolute Gasteiger partial charge is 0.354 e. The van der Waals surface area contributed by atoms with E-state index in [1.54, 1.807) is 15.9 Å². The van der Waals surface area contributed by atoms with Gasteiger partial charge >= 0.3 is 0 Å². The Balaban J connectivity index is 1.65. The number of amides is 3. The summed E-state index contributed by atoms with van der Waals surface area (Å²) in [5, 5.41) is 3.05. The second kappa shape index (κ2) is 8.56. The summed E-state index contributed by atoms with van der Waals surface area (Å²) in [4.78, 5) is 41.7. The molecule has 0 aliphatic carbocycles. The lowest BCUT2D eigenvalue weighted by atomic mass is 9.98. The molecular formula is C23H33N3O3. The van der Waals surface area contributed by atoms with Gasteiger partial charge in [-0.05, 0) is 44.7 Å². The second-order valence-electron chi connectivity index (χ2n) is 8.96. The van der Waals surface area contributed by atoms with Gasteiger partial charge in [-0.1, -0.05) is 38.8 Å². The van der Waals surface area contributed by atoms with Gasteiger partial charge in [0.15, 0.2) is 0 Å². The molecule has 2 aliphatic rings. The molecule has 1 fully saturated rings. The van der Waals surface area contributed by atoms with Crippen molar-refractivity contribution in [3.63, 3.8) is 0 Å². The number of hydrogen-bond donors (Lipinski definition) is 1. The number of fused-ring (bicyclic) bond motifs is 3. The molecule has 2 atom stereocenters. The van der Waals surface area contributed by atoms with Gasteiger partial charge < -0.3 is 10.2 Å². The smallest absolute Gasteiger partial charge is 0.257 e. The van der Waals surface area contributed by atoms with Crippen LogP contribution in [0.5, 0.6) is 0 Å². The van der Waals surface area contributed by atoms with Crippen molar-refractivity contribution < 1.29 is 14.4 Å². The highest BCUT2D eigenvalue weighted by Crippen LogP contribution is 2.43. The SMILES string of the molecule is CC(C)CCCC(C)NC(=O)CCN1C(=O)c2ccccc2N2C(=O)CCC12C. The first-order chi connectivity index (χ1) is 13.7. The summed E-state index contributed by atoms with van der Waals surface area (Å²) in [6.45, 7) is 8.67. The summed E-state index contributed by atoms with van der Waals surface area (Å²) in [5.41, 5.74) is 0.510. The Morgan fingerprint density at radius 1 is 1.17 bits per heavy atom. The van der Waals surface area contributed by atoms with Crippen LogP contribution in [-0.2, 0) is 9.59 Å². The number of para-hydroxylation sites is 1. The third-order valence-corrected chi connectivity index (χ3v) is 6.13. The van der Waals surface area contributed by atoms with Gasteiger partial charge in [0.05, 0.1) is 11.3 Å². The van der Waals surface area contributed by atoms with E-state index in [0.717, 1.165) is 19.3 Å². The maximum absolute atomic E-state index is 13.2. The van der Waals surface area contributed by atoms with Gasteiger partial charge in [-0.2, -0.15) is 0 Å². The monoisotopic (exact) mass is 399 g/mol. The van der Waals surface area contributed by atoms with Crippen molar-refractivity contribution >= 4 is 23.4 Å². The van der Waals surface area contributed by atoms with Crippen molar-refractivity contribution in [2.75, 3.05) is 11.4 Å². The summed E-state index contributed by atoms with van der Waals surface area (Å²) in [5.74, 6) is 0.546. The Morgan fingerprint density at radius 3 is 2.62 bits per heavy atom. The first-order valence-electron chi connectivity index (χ1n) is 10.8. The molecule has 1 N–H and O–H groups in total. The van der Waals surface area contributed by atoms with Gasteiger partial charge in [0, 0.05) is 25.4 Å². The van der Waals surface area contributed by atoms with E-state index < -0.39 is 5.66 Å². The van der Waals surface area contributed by atoms with E-state index in [2.05, 4.69) is 19.2 Å². The number of rotatable bonds is 8. The molecule has 1 aromatic carbocycles. The Bertz CT molecular complexity index is 791. The van der Waals surface area contributed by atoms with Crippen molar-refractivity contribution in [3.05, 3.63) is 29.8 Å². The average Bonchev–Trinajstić information content (AvgIpc) is 2.96. The van der Waals surface area contributed by atoms with Crippen LogP contribution in [0.1, 0.15) is 76.6 Å². The van der Waals surface area contributed by atoms with Crippen LogP contribution in [0.2, 0.25) is 0 Å². The molecule has 158 valence electrons. The van der Waals surface area contributed by atoms with E-state index in [1.807, 2.05) is 32.0 Å². The van der Waals surface area contributed by atoms with Crippen molar-refractivity contribution in [1.29, 1.82) is 0 Å². The van der Waals surface area contributed by atoms with Crippen LogP contribution in [0, 0.1) is 5.92 Å². The fourth-order valence-electron chi connectivity index (χ4n) is 4.51. The topological polar surface area (TPSA) is 69.7 Å². The Kier molecular flexibility index (Phi) is 6.30. The zero-order valence-corrected chi connectivity index (χ0v) is 18.0. The summed E-state index contributed by atoms with van der Waals surface area (Å²) in [6.07, 6.45) is 4.44. The molecule has 0 radical (unpaired) electrons. The molecule has 3 amide bonds. The van der Waals surface area contributed by atoms with Crippen molar-refractivity contribution in [2.24, 2.45) is 5.92 Å². The van der Waals surface area contributed by atoms with E-state index >= 15 is 0 Å². The maximum Gasteiger partial charge on any atom is 0.257 e. The zero-order chi connectivity index (χ0) is 21.2.